The second-order valence-electron chi connectivity index (χ2n) is 10.5. The summed E-state index contributed by atoms with van der Waals surface area (Å²) in [7, 11) is 0. The average molecular weight is 521 g/mol. The first-order valence-electron chi connectivity index (χ1n) is 13.9. The summed E-state index contributed by atoms with van der Waals surface area (Å²) in [6.45, 7) is 3.38. The van der Waals surface area contributed by atoms with Crippen LogP contribution in [0.4, 0.5) is 0 Å². The molecule has 4 nitrogen and oxygen atoms in total. The molecule has 0 aliphatic carbocycles. The molecule has 194 valence electrons. The predicted molar refractivity (Wildman–Crippen MR) is 160 cm³/mol. The van der Waals surface area contributed by atoms with Crippen LogP contribution >= 0.6 is 0 Å². The van der Waals surface area contributed by atoms with E-state index in [2.05, 4.69) is 164 Å². The summed E-state index contributed by atoms with van der Waals surface area (Å²) in [5.74, 6) is 0. The topological polar surface area (TPSA) is 17.6 Å². The van der Waals surface area contributed by atoms with Crippen molar-refractivity contribution in [3.8, 4) is 0 Å². The standard InChI is InChI=1S/C36H32N4/c1-3-12-29(13-4-1)23-37-27-39(35-20-9-7-18-33(35)37)25-31-16-11-17-32(22-31)26-40-28-38(24-30-14-5-2-6-15-30)34-19-8-10-21-36(34)40/h1-22,27-28H,23-26H2/q+2. The predicted octanol–water partition coefficient (Wildman–Crippen LogP) is 6.36. The summed E-state index contributed by atoms with van der Waals surface area (Å²) >= 11 is 0. The maximum Gasteiger partial charge on any atom is 0.245 e. The summed E-state index contributed by atoms with van der Waals surface area (Å²) < 4.78 is 9.45. The Hall–Kier alpha value is -4.96. The minimum atomic E-state index is 0.830. The minimum absolute atomic E-state index is 0.830. The van der Waals surface area contributed by atoms with Crippen LogP contribution in [0.1, 0.15) is 22.3 Å². The van der Waals surface area contributed by atoms with Crippen LogP contribution in [-0.2, 0) is 26.2 Å². The Bertz CT molecular complexity index is 1760. The Labute approximate surface area is 234 Å². The van der Waals surface area contributed by atoms with E-state index in [-0.39, 0.29) is 0 Å². The van der Waals surface area contributed by atoms with Crippen molar-refractivity contribution < 1.29 is 9.13 Å². The van der Waals surface area contributed by atoms with E-state index in [9.17, 15) is 0 Å². The van der Waals surface area contributed by atoms with Crippen molar-refractivity contribution in [2.75, 3.05) is 0 Å². The summed E-state index contributed by atoms with van der Waals surface area (Å²) in [5.41, 5.74) is 10.2. The molecular weight excluding hydrogens is 488 g/mol. The van der Waals surface area contributed by atoms with Gasteiger partial charge in [-0.15, -0.1) is 0 Å². The number of fused-ring (bicyclic) bond motifs is 2. The fraction of sp³-hybridized carbons (Fsp3) is 0.111. The smallest absolute Gasteiger partial charge is 0.226 e. The van der Waals surface area contributed by atoms with Gasteiger partial charge < -0.3 is 0 Å². The molecule has 0 fully saturated rings. The van der Waals surface area contributed by atoms with Gasteiger partial charge in [-0.25, -0.2) is 18.3 Å². The first-order valence-corrected chi connectivity index (χ1v) is 13.9. The fourth-order valence-corrected chi connectivity index (χ4v) is 5.77. The van der Waals surface area contributed by atoms with E-state index < -0.39 is 0 Å². The van der Waals surface area contributed by atoms with Gasteiger partial charge in [0.05, 0.1) is 0 Å². The van der Waals surface area contributed by atoms with E-state index in [1.165, 1.54) is 44.3 Å². The Morgan fingerprint density at radius 1 is 0.400 bits per heavy atom. The minimum Gasteiger partial charge on any atom is -0.226 e. The van der Waals surface area contributed by atoms with Crippen molar-refractivity contribution in [3.63, 3.8) is 0 Å². The molecule has 0 bridgehead atoms. The fourth-order valence-electron chi connectivity index (χ4n) is 5.77. The molecule has 4 heteroatoms. The van der Waals surface area contributed by atoms with Gasteiger partial charge in [-0.1, -0.05) is 103 Å². The Kier molecular flexibility index (Phi) is 6.42. The monoisotopic (exact) mass is 520 g/mol. The molecule has 0 radical (unpaired) electrons. The number of para-hydroxylation sites is 4. The van der Waals surface area contributed by atoms with E-state index in [1.807, 2.05) is 0 Å². The Balaban J connectivity index is 1.17. The van der Waals surface area contributed by atoms with Crippen LogP contribution in [0, 0.1) is 0 Å². The molecular formula is C36H32N4+2. The van der Waals surface area contributed by atoms with Crippen molar-refractivity contribution in [1.29, 1.82) is 0 Å². The highest BCUT2D eigenvalue weighted by Crippen LogP contribution is 2.17. The van der Waals surface area contributed by atoms with Gasteiger partial charge in [0, 0.05) is 0 Å². The maximum absolute atomic E-state index is 2.37. The highest BCUT2D eigenvalue weighted by atomic mass is 15.1. The molecule has 0 saturated carbocycles. The van der Waals surface area contributed by atoms with Gasteiger partial charge in [0.2, 0.25) is 12.7 Å². The van der Waals surface area contributed by atoms with Crippen molar-refractivity contribution in [1.82, 2.24) is 9.13 Å². The van der Waals surface area contributed by atoms with Gasteiger partial charge >= 0.3 is 0 Å². The number of hydrogen-bond donors (Lipinski definition) is 0. The number of hydrogen-bond acceptors (Lipinski definition) is 0. The van der Waals surface area contributed by atoms with E-state index in [0.29, 0.717) is 0 Å². The van der Waals surface area contributed by atoms with Crippen LogP contribution in [0.3, 0.4) is 0 Å². The van der Waals surface area contributed by atoms with Gasteiger partial charge in [0.1, 0.15) is 26.2 Å². The summed E-state index contributed by atoms with van der Waals surface area (Å²) in [4.78, 5) is 0. The molecule has 0 aliphatic heterocycles. The van der Waals surface area contributed by atoms with Gasteiger partial charge in [-0.2, -0.15) is 0 Å². The van der Waals surface area contributed by atoms with Crippen LogP contribution in [0.2, 0.25) is 0 Å². The lowest BCUT2D eigenvalue weighted by Crippen LogP contribution is -2.34. The lowest BCUT2D eigenvalue weighted by molar-refractivity contribution is -0.664. The molecule has 2 aromatic heterocycles. The molecule has 0 aliphatic rings. The summed E-state index contributed by atoms with van der Waals surface area (Å²) in [5, 5.41) is 0. The second kappa shape index (κ2) is 10.7. The Morgan fingerprint density at radius 2 is 0.800 bits per heavy atom. The molecule has 0 unspecified atom stereocenters. The van der Waals surface area contributed by atoms with E-state index in [4.69, 9.17) is 0 Å². The first-order chi connectivity index (χ1) is 19.8. The zero-order valence-corrected chi connectivity index (χ0v) is 22.5. The van der Waals surface area contributed by atoms with Crippen LogP contribution in [0.5, 0.6) is 0 Å². The van der Waals surface area contributed by atoms with Gasteiger partial charge in [0.15, 0.2) is 22.1 Å². The largest absolute Gasteiger partial charge is 0.245 e. The van der Waals surface area contributed by atoms with E-state index in [1.54, 1.807) is 0 Å². The van der Waals surface area contributed by atoms with Gasteiger partial charge in [-0.3, -0.25) is 0 Å². The molecule has 40 heavy (non-hydrogen) atoms. The van der Waals surface area contributed by atoms with Crippen molar-refractivity contribution in [3.05, 3.63) is 168 Å². The zero-order valence-electron chi connectivity index (χ0n) is 22.5. The molecule has 0 spiro atoms. The Morgan fingerprint density at radius 3 is 1.27 bits per heavy atom. The van der Waals surface area contributed by atoms with Crippen LogP contribution < -0.4 is 9.13 Å². The third-order valence-electron chi connectivity index (χ3n) is 7.65. The van der Waals surface area contributed by atoms with Crippen LogP contribution in [0.25, 0.3) is 22.1 Å². The van der Waals surface area contributed by atoms with Crippen LogP contribution in [0.15, 0.2) is 146 Å². The lowest BCUT2D eigenvalue weighted by Gasteiger charge is -2.04. The third-order valence-corrected chi connectivity index (χ3v) is 7.65. The molecule has 2 heterocycles. The number of benzene rings is 5. The third kappa shape index (κ3) is 4.92. The van der Waals surface area contributed by atoms with Crippen LogP contribution in [-0.4, -0.2) is 9.13 Å². The molecule has 0 N–H and O–H groups in total. The molecule has 7 rings (SSSR count). The van der Waals surface area contributed by atoms with Crippen molar-refractivity contribution >= 4 is 22.1 Å². The van der Waals surface area contributed by atoms with Crippen molar-refractivity contribution in [2.24, 2.45) is 0 Å². The second-order valence-corrected chi connectivity index (χ2v) is 10.5. The number of rotatable bonds is 8. The molecule has 0 amide bonds. The van der Waals surface area contributed by atoms with E-state index >= 15 is 0 Å². The maximum atomic E-state index is 2.37. The van der Waals surface area contributed by atoms with Gasteiger partial charge in [0.25, 0.3) is 0 Å². The van der Waals surface area contributed by atoms with Crippen molar-refractivity contribution in [2.45, 2.75) is 26.2 Å². The number of nitrogens with zero attached hydrogens (tertiary/aromatic N) is 4. The number of imidazole rings is 2. The highest BCUT2D eigenvalue weighted by Gasteiger charge is 2.18. The molecule has 0 saturated heterocycles. The number of aromatic nitrogens is 4. The zero-order chi connectivity index (χ0) is 26.7. The summed E-state index contributed by atoms with van der Waals surface area (Å²) in [6, 6.07) is 47.8. The SMILES string of the molecule is c1ccc(Cn2c[n+](Cc3cccc(C[n+]4cn(Cc5ccccc5)c5ccccc54)c3)c3ccccc32)cc1. The summed E-state index contributed by atoms with van der Waals surface area (Å²) in [6.07, 6.45) is 4.52. The average Bonchev–Trinajstić information content (AvgIpc) is 3.52. The highest BCUT2D eigenvalue weighted by molar-refractivity contribution is 5.72. The molecule has 0 atom stereocenters. The van der Waals surface area contributed by atoms with Gasteiger partial charge in [-0.05, 0) is 52.6 Å². The first kappa shape index (κ1) is 24.1. The molecule has 7 aromatic rings. The lowest BCUT2D eigenvalue weighted by atomic mass is 10.1. The van der Waals surface area contributed by atoms with E-state index in [0.717, 1.165) is 26.2 Å². The quantitative estimate of drug-likeness (QED) is 0.208. The normalized spacial score (nSPS) is 11.4. The molecule has 5 aromatic carbocycles.